The number of ether oxygens (including phenoxy) is 4. The Labute approximate surface area is 349 Å². The Bertz CT molecular complexity index is 1590. The third-order valence-corrected chi connectivity index (χ3v) is 16.1. The molecule has 0 aromatic heterocycles. The van der Waals surface area contributed by atoms with Crippen LogP contribution in [-0.2, 0) is 38.1 Å². The number of hydrogen-bond acceptors (Lipinski definition) is 9. The minimum absolute atomic E-state index is 0.000134. The van der Waals surface area contributed by atoms with Gasteiger partial charge in [-0.05, 0) is 151 Å². The lowest BCUT2D eigenvalue weighted by Gasteiger charge is -2.59. The molecular weight excluding hydrogens is 733 g/mol. The summed E-state index contributed by atoms with van der Waals surface area (Å²) in [5, 5.41) is 9.44. The first-order chi connectivity index (χ1) is 27.4. The van der Waals surface area contributed by atoms with Gasteiger partial charge in [0.05, 0.1) is 46.0 Å². The monoisotopic (exact) mass is 809 g/mol. The first kappa shape index (κ1) is 47.5. The summed E-state index contributed by atoms with van der Waals surface area (Å²) in [6, 6.07) is 0. The fourth-order valence-electron chi connectivity index (χ4n) is 11.6. The van der Waals surface area contributed by atoms with Crippen molar-refractivity contribution in [1.29, 1.82) is 0 Å². The lowest BCUT2D eigenvalue weighted by Crippen LogP contribution is -2.53. The Balaban J connectivity index is 1.26. The molecule has 9 nitrogen and oxygen atoms in total. The zero-order valence-electron chi connectivity index (χ0n) is 37.5. The van der Waals surface area contributed by atoms with Crippen molar-refractivity contribution in [2.24, 2.45) is 45.3 Å². The van der Waals surface area contributed by atoms with E-state index in [-0.39, 0.29) is 78.4 Å². The third-order valence-electron chi connectivity index (χ3n) is 16.1. The highest BCUT2D eigenvalue weighted by molar-refractivity contribution is 5.78. The van der Waals surface area contributed by atoms with Gasteiger partial charge in [0.15, 0.2) is 0 Å². The van der Waals surface area contributed by atoms with E-state index in [4.69, 9.17) is 18.9 Å². The van der Waals surface area contributed by atoms with Crippen LogP contribution in [0.1, 0.15) is 158 Å². The van der Waals surface area contributed by atoms with E-state index in [1.54, 1.807) is 0 Å². The maximum atomic E-state index is 13.0. The lowest BCUT2D eigenvalue weighted by molar-refractivity contribution is -0.156. The number of aliphatic hydroxyl groups excluding tert-OH is 1. The van der Waals surface area contributed by atoms with Crippen LogP contribution in [0.5, 0.6) is 0 Å². The van der Waals surface area contributed by atoms with Crippen molar-refractivity contribution in [3.63, 3.8) is 0 Å². The zero-order chi connectivity index (χ0) is 42.7. The Morgan fingerprint density at radius 2 is 1.28 bits per heavy atom. The van der Waals surface area contributed by atoms with Crippen LogP contribution in [0.3, 0.4) is 0 Å². The summed E-state index contributed by atoms with van der Waals surface area (Å²) in [6.45, 7) is 19.1. The molecular formula is C49H76O9. The molecule has 0 radical (unpaired) electrons. The van der Waals surface area contributed by atoms with Crippen molar-refractivity contribution in [3.8, 4) is 0 Å². The van der Waals surface area contributed by atoms with Gasteiger partial charge in [0.1, 0.15) is 13.2 Å². The Kier molecular flexibility index (Phi) is 17.1. The molecule has 4 aliphatic carbocycles. The van der Waals surface area contributed by atoms with Crippen LogP contribution in [-0.4, -0.2) is 62.5 Å². The molecule has 0 aromatic rings. The standard InChI is InChI=1S/C49H76O9/c1-34(24-30-50)21-27-48(8)39(23-28-46(6)36(3)12-10-14-40(46)48)32-57-44(53)19-18-43(52)56-31-25-35(2)20-26-47(7)37(4)22-29-49(38(5)13-11-15-41(47)49)33-58-45(54)17-16-42(51)55-9/h12-13,24-25,37,39-41,50H,10-11,14-23,26-33H2,1-9H3. The molecule has 0 heterocycles. The van der Waals surface area contributed by atoms with Gasteiger partial charge < -0.3 is 24.1 Å². The zero-order valence-corrected chi connectivity index (χ0v) is 37.5. The van der Waals surface area contributed by atoms with Gasteiger partial charge in [0.2, 0.25) is 0 Å². The van der Waals surface area contributed by atoms with Crippen molar-refractivity contribution in [1.82, 2.24) is 0 Å². The number of aliphatic hydroxyl groups is 1. The molecule has 326 valence electrons. The average Bonchev–Trinajstić information content (AvgIpc) is 3.19. The van der Waals surface area contributed by atoms with Crippen LogP contribution in [0.2, 0.25) is 0 Å². The predicted molar refractivity (Wildman–Crippen MR) is 227 cm³/mol. The second-order valence-electron chi connectivity index (χ2n) is 19.2. The molecule has 8 atom stereocenters. The highest BCUT2D eigenvalue weighted by Crippen LogP contribution is 2.63. The van der Waals surface area contributed by atoms with Crippen molar-refractivity contribution in [2.45, 2.75) is 158 Å². The van der Waals surface area contributed by atoms with Crippen molar-refractivity contribution in [3.05, 3.63) is 46.6 Å². The molecule has 0 bridgehead atoms. The van der Waals surface area contributed by atoms with Gasteiger partial charge >= 0.3 is 23.9 Å². The summed E-state index contributed by atoms with van der Waals surface area (Å²) in [5.41, 5.74) is 5.08. The molecule has 4 rings (SSSR count). The molecule has 0 amide bonds. The topological polar surface area (TPSA) is 125 Å². The van der Waals surface area contributed by atoms with Gasteiger partial charge in [-0.15, -0.1) is 0 Å². The van der Waals surface area contributed by atoms with Gasteiger partial charge in [-0.2, -0.15) is 0 Å². The van der Waals surface area contributed by atoms with Gasteiger partial charge in [-0.3, -0.25) is 19.2 Å². The largest absolute Gasteiger partial charge is 0.469 e. The molecule has 9 heteroatoms. The van der Waals surface area contributed by atoms with E-state index < -0.39 is 11.9 Å². The lowest BCUT2D eigenvalue weighted by atomic mass is 9.46. The van der Waals surface area contributed by atoms with E-state index >= 15 is 0 Å². The predicted octanol–water partition coefficient (Wildman–Crippen LogP) is 10.4. The summed E-state index contributed by atoms with van der Waals surface area (Å²) in [5.74, 6) is 0.0422. The second-order valence-corrected chi connectivity index (χ2v) is 19.2. The van der Waals surface area contributed by atoms with Crippen molar-refractivity contribution >= 4 is 23.9 Å². The highest BCUT2D eigenvalue weighted by Gasteiger charge is 2.56. The maximum Gasteiger partial charge on any atom is 0.306 e. The van der Waals surface area contributed by atoms with Crippen LogP contribution >= 0.6 is 0 Å². The second kappa shape index (κ2) is 20.9. The average molecular weight is 809 g/mol. The van der Waals surface area contributed by atoms with Crippen molar-refractivity contribution in [2.75, 3.05) is 33.5 Å². The normalized spacial score (nSPS) is 32.5. The Morgan fingerprint density at radius 1 is 0.707 bits per heavy atom. The number of hydrogen-bond donors (Lipinski definition) is 1. The van der Waals surface area contributed by atoms with E-state index in [2.05, 4.69) is 67.5 Å². The summed E-state index contributed by atoms with van der Waals surface area (Å²) in [4.78, 5) is 49.9. The summed E-state index contributed by atoms with van der Waals surface area (Å²) >= 11 is 0. The SMILES string of the molecule is COC(=O)CCC(=O)OCC12CCC(C)C(C)(CCC(C)=CCOC(=O)CCC(=O)OCC3CCC4(C)C(C)=CCCC4C3(C)CCC(C)=CCO)C1CCC=C2C. The number of esters is 4. The molecule has 0 spiro atoms. The van der Waals surface area contributed by atoms with E-state index in [1.165, 1.54) is 23.8 Å². The van der Waals surface area contributed by atoms with Crippen molar-refractivity contribution < 1.29 is 43.2 Å². The first-order valence-electron chi connectivity index (χ1n) is 22.3. The molecule has 2 saturated carbocycles. The Morgan fingerprint density at radius 3 is 1.93 bits per heavy atom. The first-order valence-corrected chi connectivity index (χ1v) is 22.3. The molecule has 1 N–H and O–H groups in total. The minimum Gasteiger partial charge on any atom is -0.469 e. The maximum absolute atomic E-state index is 13.0. The van der Waals surface area contributed by atoms with E-state index in [0.717, 1.165) is 82.6 Å². The number of carbonyl (C=O) groups excluding carboxylic acids is 4. The summed E-state index contributed by atoms with van der Waals surface area (Å²) in [7, 11) is 1.32. The number of methoxy groups -OCH3 is 1. The van der Waals surface area contributed by atoms with Gasteiger partial charge in [-0.25, -0.2) is 0 Å². The number of rotatable bonds is 19. The molecule has 2 fully saturated rings. The number of allylic oxidation sites excluding steroid dienone is 5. The van der Waals surface area contributed by atoms with Crippen LogP contribution < -0.4 is 0 Å². The fourth-order valence-corrected chi connectivity index (χ4v) is 11.6. The molecule has 0 aliphatic heterocycles. The Hall–Kier alpha value is -3.20. The molecule has 8 unspecified atom stereocenters. The van der Waals surface area contributed by atoms with E-state index in [1.807, 2.05) is 12.2 Å². The summed E-state index contributed by atoms with van der Waals surface area (Å²) in [6.07, 6.45) is 20.7. The van der Waals surface area contributed by atoms with Gasteiger partial charge in [0.25, 0.3) is 0 Å². The summed E-state index contributed by atoms with van der Waals surface area (Å²) < 4.78 is 22.0. The van der Waals surface area contributed by atoms with Crippen LogP contribution in [0.25, 0.3) is 0 Å². The van der Waals surface area contributed by atoms with Crippen LogP contribution in [0.15, 0.2) is 46.6 Å². The van der Waals surface area contributed by atoms with Gasteiger partial charge in [0, 0.05) is 5.41 Å². The smallest absolute Gasteiger partial charge is 0.306 e. The minimum atomic E-state index is -0.414. The van der Waals surface area contributed by atoms with Crippen LogP contribution in [0, 0.1) is 45.3 Å². The van der Waals surface area contributed by atoms with Gasteiger partial charge in [-0.1, -0.05) is 68.2 Å². The molecule has 0 aromatic carbocycles. The molecule has 58 heavy (non-hydrogen) atoms. The van der Waals surface area contributed by atoms with Crippen LogP contribution in [0.4, 0.5) is 0 Å². The molecule has 4 aliphatic rings. The number of carbonyl (C=O) groups is 4. The number of fused-ring (bicyclic) bond motifs is 2. The highest BCUT2D eigenvalue weighted by atomic mass is 16.5. The van der Waals surface area contributed by atoms with E-state index in [0.29, 0.717) is 31.0 Å². The third kappa shape index (κ3) is 11.1. The molecule has 0 saturated heterocycles. The fraction of sp³-hybridized carbons (Fsp3) is 0.755. The van der Waals surface area contributed by atoms with E-state index in [9.17, 15) is 24.3 Å². The quantitative estimate of drug-likeness (QED) is 0.0771.